The van der Waals surface area contributed by atoms with Gasteiger partial charge in [-0.15, -0.1) is 0 Å². The predicted molar refractivity (Wildman–Crippen MR) is 71.9 cm³/mol. The maximum atomic E-state index is 10.5. The Hall–Kier alpha value is -0.0800. The van der Waals surface area contributed by atoms with E-state index in [9.17, 15) is 5.11 Å². The molecule has 4 unspecified atom stereocenters. The van der Waals surface area contributed by atoms with E-state index in [-0.39, 0.29) is 11.5 Å². The van der Waals surface area contributed by atoms with Crippen LogP contribution < -0.4 is 0 Å². The van der Waals surface area contributed by atoms with Crippen molar-refractivity contribution in [1.29, 1.82) is 0 Å². The average Bonchev–Trinajstić information content (AvgIpc) is 2.53. The van der Waals surface area contributed by atoms with Gasteiger partial charge in [0, 0.05) is 19.1 Å². The Balaban J connectivity index is 1.94. The van der Waals surface area contributed by atoms with E-state index in [0.29, 0.717) is 12.0 Å². The fourth-order valence-electron chi connectivity index (χ4n) is 3.90. The van der Waals surface area contributed by atoms with E-state index in [1.54, 1.807) is 0 Å². The zero-order chi connectivity index (χ0) is 12.6. The summed E-state index contributed by atoms with van der Waals surface area (Å²) in [7, 11) is 0. The summed E-state index contributed by atoms with van der Waals surface area (Å²) in [5.74, 6) is 1.32. The van der Waals surface area contributed by atoms with Crippen LogP contribution in [-0.4, -0.2) is 35.2 Å². The predicted octanol–water partition coefficient (Wildman–Crippen LogP) is 2.90. The van der Waals surface area contributed by atoms with Crippen molar-refractivity contribution in [3.63, 3.8) is 0 Å². The topological polar surface area (TPSA) is 23.5 Å². The standard InChI is InChI=1S/C15H29NO/c1-11-8-12(2)16(9-11)10-13-6-5-7-15(3,4)14(13)17/h11-14,17H,5-10H2,1-4H3. The van der Waals surface area contributed by atoms with Crippen LogP contribution in [0.15, 0.2) is 0 Å². The number of likely N-dealkylation sites (tertiary alicyclic amines) is 1. The minimum atomic E-state index is -0.112. The average molecular weight is 239 g/mol. The third kappa shape index (κ3) is 2.85. The molecule has 17 heavy (non-hydrogen) atoms. The van der Waals surface area contributed by atoms with Gasteiger partial charge in [0.05, 0.1) is 6.10 Å². The Labute approximate surface area is 106 Å². The molecule has 2 fully saturated rings. The molecule has 1 N–H and O–H groups in total. The second kappa shape index (κ2) is 4.89. The highest BCUT2D eigenvalue weighted by atomic mass is 16.3. The second-order valence-corrected chi connectivity index (χ2v) is 7.23. The molecule has 2 rings (SSSR count). The molecule has 2 aliphatic rings. The summed E-state index contributed by atoms with van der Waals surface area (Å²) in [6.07, 6.45) is 4.89. The van der Waals surface area contributed by atoms with Crippen LogP contribution in [-0.2, 0) is 0 Å². The lowest BCUT2D eigenvalue weighted by Crippen LogP contribution is -2.45. The fourth-order valence-corrected chi connectivity index (χ4v) is 3.90. The molecule has 100 valence electrons. The molecular formula is C15H29NO. The molecule has 2 nitrogen and oxygen atoms in total. The Morgan fingerprint density at radius 2 is 2.00 bits per heavy atom. The molecule has 1 saturated heterocycles. The highest BCUT2D eigenvalue weighted by molar-refractivity contribution is 4.91. The van der Waals surface area contributed by atoms with Gasteiger partial charge in [-0.05, 0) is 43.4 Å². The van der Waals surface area contributed by atoms with Crippen LogP contribution in [0.25, 0.3) is 0 Å². The van der Waals surface area contributed by atoms with Crippen molar-refractivity contribution in [2.24, 2.45) is 17.3 Å². The lowest BCUT2D eigenvalue weighted by Gasteiger charge is -2.42. The van der Waals surface area contributed by atoms with Gasteiger partial charge in [-0.1, -0.05) is 27.2 Å². The molecule has 2 heteroatoms. The Kier molecular flexibility index (Phi) is 3.84. The number of aliphatic hydroxyl groups is 1. The molecule has 0 spiro atoms. The summed E-state index contributed by atoms with van der Waals surface area (Å²) in [5, 5.41) is 10.5. The van der Waals surface area contributed by atoms with E-state index >= 15 is 0 Å². The van der Waals surface area contributed by atoms with Gasteiger partial charge in [-0.25, -0.2) is 0 Å². The van der Waals surface area contributed by atoms with Crippen molar-refractivity contribution in [3.05, 3.63) is 0 Å². The van der Waals surface area contributed by atoms with Gasteiger partial charge < -0.3 is 10.0 Å². The molecule has 4 atom stereocenters. The van der Waals surface area contributed by atoms with Crippen molar-refractivity contribution in [2.45, 2.75) is 65.5 Å². The van der Waals surface area contributed by atoms with Gasteiger partial charge in [0.15, 0.2) is 0 Å². The quantitative estimate of drug-likeness (QED) is 0.801. The van der Waals surface area contributed by atoms with Crippen molar-refractivity contribution in [1.82, 2.24) is 4.90 Å². The van der Waals surface area contributed by atoms with Crippen LogP contribution in [0.5, 0.6) is 0 Å². The molecule has 0 aromatic heterocycles. The van der Waals surface area contributed by atoms with Crippen molar-refractivity contribution >= 4 is 0 Å². The summed E-state index contributed by atoms with van der Waals surface area (Å²) in [5.41, 5.74) is 0.123. The van der Waals surface area contributed by atoms with Gasteiger partial charge >= 0.3 is 0 Å². The van der Waals surface area contributed by atoms with Crippen LogP contribution in [0.4, 0.5) is 0 Å². The number of hydrogen-bond donors (Lipinski definition) is 1. The first kappa shape index (κ1) is 13.4. The lowest BCUT2D eigenvalue weighted by molar-refractivity contribution is -0.0437. The lowest BCUT2D eigenvalue weighted by atomic mass is 9.69. The summed E-state index contributed by atoms with van der Waals surface area (Å²) in [6.45, 7) is 11.5. The van der Waals surface area contributed by atoms with E-state index in [4.69, 9.17) is 0 Å². The largest absolute Gasteiger partial charge is 0.392 e. The number of rotatable bonds is 2. The van der Waals surface area contributed by atoms with Gasteiger partial charge in [0.1, 0.15) is 0 Å². The van der Waals surface area contributed by atoms with Crippen molar-refractivity contribution in [2.75, 3.05) is 13.1 Å². The van der Waals surface area contributed by atoms with E-state index < -0.39 is 0 Å². The summed E-state index contributed by atoms with van der Waals surface area (Å²) < 4.78 is 0. The third-order valence-corrected chi connectivity index (χ3v) is 5.03. The molecule has 1 heterocycles. The van der Waals surface area contributed by atoms with Gasteiger partial charge in [-0.3, -0.25) is 0 Å². The maximum absolute atomic E-state index is 10.5. The fraction of sp³-hybridized carbons (Fsp3) is 1.00. The first-order chi connectivity index (χ1) is 7.90. The zero-order valence-corrected chi connectivity index (χ0v) is 11.9. The minimum Gasteiger partial charge on any atom is -0.392 e. The van der Waals surface area contributed by atoms with Crippen LogP contribution in [0.2, 0.25) is 0 Å². The molecule has 1 aliphatic carbocycles. The van der Waals surface area contributed by atoms with E-state index in [0.717, 1.165) is 12.5 Å². The molecule has 0 amide bonds. The smallest absolute Gasteiger partial charge is 0.0631 e. The second-order valence-electron chi connectivity index (χ2n) is 7.23. The van der Waals surface area contributed by atoms with Crippen LogP contribution in [0.3, 0.4) is 0 Å². The van der Waals surface area contributed by atoms with Crippen molar-refractivity contribution < 1.29 is 5.11 Å². The zero-order valence-electron chi connectivity index (χ0n) is 11.9. The first-order valence-corrected chi connectivity index (χ1v) is 7.32. The molecule has 0 radical (unpaired) electrons. The summed E-state index contributed by atoms with van der Waals surface area (Å²) in [6, 6.07) is 0.710. The van der Waals surface area contributed by atoms with E-state index in [1.165, 1.54) is 32.2 Å². The molecule has 0 aromatic rings. The summed E-state index contributed by atoms with van der Waals surface area (Å²) in [4.78, 5) is 2.60. The number of nitrogens with zero attached hydrogens (tertiary/aromatic N) is 1. The number of hydrogen-bond acceptors (Lipinski definition) is 2. The van der Waals surface area contributed by atoms with Crippen LogP contribution >= 0.6 is 0 Å². The highest BCUT2D eigenvalue weighted by Crippen LogP contribution is 2.40. The Morgan fingerprint density at radius 1 is 1.29 bits per heavy atom. The van der Waals surface area contributed by atoms with E-state index in [2.05, 4.69) is 32.6 Å². The van der Waals surface area contributed by atoms with Gasteiger partial charge in [0.25, 0.3) is 0 Å². The van der Waals surface area contributed by atoms with Crippen LogP contribution in [0, 0.1) is 17.3 Å². The van der Waals surface area contributed by atoms with Crippen molar-refractivity contribution in [3.8, 4) is 0 Å². The molecular weight excluding hydrogens is 210 g/mol. The Bertz CT molecular complexity index is 264. The Morgan fingerprint density at radius 3 is 2.59 bits per heavy atom. The maximum Gasteiger partial charge on any atom is 0.0631 e. The van der Waals surface area contributed by atoms with E-state index in [1.807, 2.05) is 0 Å². The van der Waals surface area contributed by atoms with Gasteiger partial charge in [-0.2, -0.15) is 0 Å². The molecule has 0 aromatic carbocycles. The summed E-state index contributed by atoms with van der Waals surface area (Å²) >= 11 is 0. The van der Waals surface area contributed by atoms with Gasteiger partial charge in [0.2, 0.25) is 0 Å². The molecule has 0 bridgehead atoms. The SMILES string of the molecule is CC1CC(C)N(CC2CCCC(C)(C)C2O)C1. The third-order valence-electron chi connectivity index (χ3n) is 5.03. The highest BCUT2D eigenvalue weighted by Gasteiger charge is 2.39. The first-order valence-electron chi connectivity index (χ1n) is 7.32. The molecule has 1 saturated carbocycles. The number of aliphatic hydroxyl groups excluding tert-OH is 1. The normalized spacial score (nSPS) is 42.9. The van der Waals surface area contributed by atoms with Crippen LogP contribution in [0.1, 0.15) is 53.4 Å². The monoisotopic (exact) mass is 239 g/mol. The minimum absolute atomic E-state index is 0.112. The molecule has 1 aliphatic heterocycles.